The molecule has 1 aliphatic heterocycles. The molecule has 5 rings (SSSR count). The topological polar surface area (TPSA) is 123 Å². The second-order valence-corrected chi connectivity index (χ2v) is 10.1. The molecule has 8 nitrogen and oxygen atoms in total. The van der Waals surface area contributed by atoms with Crippen LogP contribution in [0.4, 0.5) is 10.2 Å². The van der Waals surface area contributed by atoms with Gasteiger partial charge in [-0.3, -0.25) is 4.98 Å². The van der Waals surface area contributed by atoms with E-state index in [1.807, 2.05) is 6.07 Å². The molecule has 1 saturated heterocycles. The van der Waals surface area contributed by atoms with Crippen LogP contribution in [-0.2, 0) is 16.4 Å². The van der Waals surface area contributed by atoms with E-state index in [2.05, 4.69) is 10.1 Å². The van der Waals surface area contributed by atoms with Gasteiger partial charge < -0.3 is 10.8 Å². The van der Waals surface area contributed by atoms with Crippen LogP contribution in [0.3, 0.4) is 0 Å². The zero-order valence-electron chi connectivity index (χ0n) is 16.5. The number of nitrogen functional groups attached to an aromatic ring is 1. The average molecular weight is 441 g/mol. The summed E-state index contributed by atoms with van der Waals surface area (Å²) in [5, 5.41) is 14.9. The first-order valence-electron chi connectivity index (χ1n) is 9.89. The maximum atomic E-state index is 13.7. The second-order valence-electron chi connectivity index (χ2n) is 7.80. The highest BCUT2D eigenvalue weighted by Gasteiger charge is 2.29. The SMILES string of the molecule is Nc1c(CO)c(C2CCS(=O)(=O)CC2)nc2c(-c3cnc4ccc(F)cc4c3)cnn12. The monoisotopic (exact) mass is 441 g/mol. The van der Waals surface area contributed by atoms with Crippen molar-refractivity contribution in [2.45, 2.75) is 25.4 Å². The smallest absolute Gasteiger partial charge is 0.165 e. The summed E-state index contributed by atoms with van der Waals surface area (Å²) in [4.78, 5) is 9.18. The zero-order valence-corrected chi connectivity index (χ0v) is 17.3. The number of nitrogens with zero attached hydrogens (tertiary/aromatic N) is 4. The van der Waals surface area contributed by atoms with E-state index < -0.39 is 9.84 Å². The van der Waals surface area contributed by atoms with Crippen molar-refractivity contribution < 1.29 is 17.9 Å². The molecular weight excluding hydrogens is 421 g/mol. The van der Waals surface area contributed by atoms with Gasteiger partial charge in [0.05, 0.1) is 35.5 Å². The van der Waals surface area contributed by atoms with Crippen molar-refractivity contribution in [1.29, 1.82) is 0 Å². The van der Waals surface area contributed by atoms with Gasteiger partial charge in [0.2, 0.25) is 0 Å². The fourth-order valence-electron chi connectivity index (χ4n) is 4.18. The molecule has 0 bridgehead atoms. The lowest BCUT2D eigenvalue weighted by molar-refractivity contribution is 0.279. The van der Waals surface area contributed by atoms with E-state index in [4.69, 9.17) is 10.7 Å². The lowest BCUT2D eigenvalue weighted by Crippen LogP contribution is -2.24. The fourth-order valence-corrected chi connectivity index (χ4v) is 5.67. The first-order valence-corrected chi connectivity index (χ1v) is 11.7. The summed E-state index contributed by atoms with van der Waals surface area (Å²) in [7, 11) is -3.04. The number of hydrogen-bond acceptors (Lipinski definition) is 7. The van der Waals surface area contributed by atoms with E-state index in [0.29, 0.717) is 51.8 Å². The number of halogens is 1. The standard InChI is InChI=1S/C21H20FN5O3S/c22-15-1-2-18-13(8-15)7-14(9-24-18)16-10-25-27-20(23)17(11-28)19(26-21(16)27)12-3-5-31(29,30)6-4-12/h1-2,7-10,12,28H,3-6,11,23H2. The molecule has 3 N–H and O–H groups in total. The van der Waals surface area contributed by atoms with Gasteiger partial charge in [0, 0.05) is 34.2 Å². The van der Waals surface area contributed by atoms with E-state index >= 15 is 0 Å². The Hall–Kier alpha value is -3.11. The van der Waals surface area contributed by atoms with Gasteiger partial charge in [-0.15, -0.1) is 0 Å². The van der Waals surface area contributed by atoms with Gasteiger partial charge in [-0.25, -0.2) is 17.8 Å². The van der Waals surface area contributed by atoms with Crippen molar-refractivity contribution in [3.8, 4) is 11.1 Å². The molecule has 0 saturated carbocycles. The molecule has 0 atom stereocenters. The maximum Gasteiger partial charge on any atom is 0.165 e. The predicted octanol–water partition coefficient (Wildman–Crippen LogP) is 2.45. The number of hydrogen-bond donors (Lipinski definition) is 2. The fraction of sp³-hybridized carbons (Fsp3) is 0.286. The minimum Gasteiger partial charge on any atom is -0.391 e. The number of benzene rings is 1. The molecule has 0 spiro atoms. The van der Waals surface area contributed by atoms with Crippen molar-refractivity contribution in [3.05, 3.63) is 53.7 Å². The van der Waals surface area contributed by atoms with Crippen LogP contribution in [0.5, 0.6) is 0 Å². The van der Waals surface area contributed by atoms with Gasteiger partial charge in [-0.05, 0) is 37.1 Å². The summed E-state index contributed by atoms with van der Waals surface area (Å²) < 4.78 is 38.8. The van der Waals surface area contributed by atoms with Crippen LogP contribution in [0.25, 0.3) is 27.7 Å². The van der Waals surface area contributed by atoms with E-state index in [-0.39, 0.29) is 35.7 Å². The Balaban J connectivity index is 1.66. The third-order valence-corrected chi connectivity index (χ3v) is 7.59. The first-order chi connectivity index (χ1) is 14.9. The molecule has 4 aromatic rings. The second kappa shape index (κ2) is 7.24. The molecule has 1 aromatic carbocycles. The summed E-state index contributed by atoms with van der Waals surface area (Å²) in [6, 6.07) is 6.20. The van der Waals surface area contributed by atoms with Gasteiger partial charge in [0.1, 0.15) is 21.5 Å². The van der Waals surface area contributed by atoms with E-state index in [0.717, 1.165) is 0 Å². The van der Waals surface area contributed by atoms with E-state index in [1.54, 1.807) is 18.5 Å². The highest BCUT2D eigenvalue weighted by molar-refractivity contribution is 7.91. The van der Waals surface area contributed by atoms with Crippen molar-refractivity contribution in [3.63, 3.8) is 0 Å². The Morgan fingerprint density at radius 1 is 1.19 bits per heavy atom. The first kappa shape index (κ1) is 19.8. The number of pyridine rings is 1. The van der Waals surface area contributed by atoms with Crippen molar-refractivity contribution >= 4 is 32.2 Å². The molecule has 3 aromatic heterocycles. The minimum absolute atomic E-state index is 0.0849. The number of sulfone groups is 1. The highest BCUT2D eigenvalue weighted by Crippen LogP contribution is 2.35. The molecule has 10 heteroatoms. The van der Waals surface area contributed by atoms with Crippen LogP contribution >= 0.6 is 0 Å². The van der Waals surface area contributed by atoms with Gasteiger partial charge in [-0.2, -0.15) is 9.61 Å². The minimum atomic E-state index is -3.04. The number of rotatable bonds is 3. The third-order valence-electron chi connectivity index (χ3n) is 5.87. The Labute approximate surface area is 177 Å². The van der Waals surface area contributed by atoms with Crippen LogP contribution < -0.4 is 5.73 Å². The van der Waals surface area contributed by atoms with Gasteiger partial charge >= 0.3 is 0 Å². The number of aromatic nitrogens is 4. The molecule has 1 fully saturated rings. The van der Waals surface area contributed by atoms with Crippen LogP contribution in [0.2, 0.25) is 0 Å². The quantitative estimate of drug-likeness (QED) is 0.500. The lowest BCUT2D eigenvalue weighted by Gasteiger charge is -2.24. The third kappa shape index (κ3) is 3.41. The Bertz CT molecular complexity index is 1420. The molecular formula is C21H20FN5O3S. The van der Waals surface area contributed by atoms with E-state index in [1.165, 1.54) is 16.6 Å². The Morgan fingerprint density at radius 3 is 2.71 bits per heavy atom. The molecule has 0 amide bonds. The molecule has 1 aliphatic rings. The summed E-state index contributed by atoms with van der Waals surface area (Å²) in [6.07, 6.45) is 4.13. The van der Waals surface area contributed by atoms with Gasteiger partial charge in [0.25, 0.3) is 0 Å². The lowest BCUT2D eigenvalue weighted by atomic mass is 9.94. The van der Waals surface area contributed by atoms with E-state index in [9.17, 15) is 17.9 Å². The van der Waals surface area contributed by atoms with Crippen molar-refractivity contribution in [1.82, 2.24) is 19.6 Å². The normalized spacial score (nSPS) is 16.8. The van der Waals surface area contributed by atoms with Crippen molar-refractivity contribution in [2.24, 2.45) is 0 Å². The predicted molar refractivity (Wildman–Crippen MR) is 115 cm³/mol. The molecule has 31 heavy (non-hydrogen) atoms. The van der Waals surface area contributed by atoms with Gasteiger partial charge in [-0.1, -0.05) is 0 Å². The maximum absolute atomic E-state index is 13.7. The number of anilines is 1. The molecule has 160 valence electrons. The molecule has 4 heterocycles. The summed E-state index contributed by atoms with van der Waals surface area (Å²) >= 11 is 0. The van der Waals surface area contributed by atoms with Gasteiger partial charge in [0.15, 0.2) is 5.65 Å². The number of nitrogens with two attached hydrogens (primary N) is 1. The number of aliphatic hydroxyl groups excluding tert-OH is 1. The summed E-state index contributed by atoms with van der Waals surface area (Å²) in [5.74, 6) is -0.0364. The number of aliphatic hydroxyl groups is 1. The number of fused-ring (bicyclic) bond motifs is 2. The van der Waals surface area contributed by atoms with Crippen LogP contribution in [0.1, 0.15) is 30.0 Å². The average Bonchev–Trinajstić information content (AvgIpc) is 3.17. The Morgan fingerprint density at radius 2 is 1.97 bits per heavy atom. The van der Waals surface area contributed by atoms with Crippen LogP contribution in [0, 0.1) is 5.82 Å². The molecule has 0 aliphatic carbocycles. The van der Waals surface area contributed by atoms with Crippen LogP contribution in [0.15, 0.2) is 36.7 Å². The zero-order chi connectivity index (χ0) is 21.8. The Kier molecular flexibility index (Phi) is 4.63. The highest BCUT2D eigenvalue weighted by atomic mass is 32.2. The van der Waals surface area contributed by atoms with Crippen molar-refractivity contribution in [2.75, 3.05) is 17.2 Å². The molecule has 0 radical (unpaired) electrons. The largest absolute Gasteiger partial charge is 0.391 e. The summed E-state index contributed by atoms with van der Waals surface area (Å²) in [6.45, 7) is -0.320. The summed E-state index contributed by atoms with van der Waals surface area (Å²) in [5.41, 5.74) is 9.89. The van der Waals surface area contributed by atoms with Crippen LogP contribution in [-0.4, -0.2) is 44.6 Å². The molecule has 0 unspecified atom stereocenters.